The lowest BCUT2D eigenvalue weighted by atomic mass is 9.66. The van der Waals surface area contributed by atoms with Crippen LogP contribution in [0.5, 0.6) is 0 Å². The van der Waals surface area contributed by atoms with Crippen molar-refractivity contribution in [1.82, 2.24) is 0 Å². The molecule has 0 fully saturated rings. The Morgan fingerprint density at radius 3 is 2.19 bits per heavy atom. The van der Waals surface area contributed by atoms with Crippen LogP contribution < -0.4 is 4.90 Å². The van der Waals surface area contributed by atoms with E-state index in [0.29, 0.717) is 4.90 Å². The van der Waals surface area contributed by atoms with Crippen molar-refractivity contribution in [3.8, 4) is 0 Å². The molecule has 1 aliphatic rings. The van der Waals surface area contributed by atoms with E-state index in [0.717, 1.165) is 0 Å². The molecule has 0 saturated carbocycles. The molecule has 1 aliphatic heterocycles. The highest BCUT2D eigenvalue weighted by Gasteiger charge is 2.67. The van der Waals surface area contributed by atoms with Crippen molar-refractivity contribution in [2.24, 2.45) is 5.92 Å². The lowest BCUT2D eigenvalue weighted by molar-refractivity contribution is -0.499. The summed E-state index contributed by atoms with van der Waals surface area (Å²) in [7, 11) is 0. The first-order chi connectivity index (χ1) is 14.8. The third kappa shape index (κ3) is 3.92. The van der Waals surface area contributed by atoms with Gasteiger partial charge in [0, 0.05) is 4.92 Å². The Balaban J connectivity index is 2.36. The minimum Gasteiger partial charge on any atom is -0.443 e. The van der Waals surface area contributed by atoms with Gasteiger partial charge in [-0.25, -0.2) is 9.69 Å². The SMILES string of the molecule is CC(C)(C)OC(=O)N1C(=O)[C@@](c2ccccc2)([C@H](C[N+](=O)[O-])C(F)(F)F)c2ccccc21. The fourth-order valence-corrected chi connectivity index (χ4v) is 4.04. The fourth-order valence-electron chi connectivity index (χ4n) is 4.04. The van der Waals surface area contributed by atoms with E-state index >= 15 is 0 Å². The van der Waals surface area contributed by atoms with Crippen molar-refractivity contribution >= 4 is 17.7 Å². The average molecular weight is 450 g/mol. The second kappa shape index (κ2) is 7.92. The smallest absolute Gasteiger partial charge is 0.421 e. The number of alkyl halides is 3. The molecule has 0 unspecified atom stereocenters. The molecular formula is C22H21F3N2O5. The quantitative estimate of drug-likeness (QED) is 0.497. The van der Waals surface area contributed by atoms with Gasteiger partial charge >= 0.3 is 12.3 Å². The first-order valence-corrected chi connectivity index (χ1v) is 9.71. The van der Waals surface area contributed by atoms with Gasteiger partial charge in [0.05, 0.1) is 5.69 Å². The number of ether oxygens (including phenoxy) is 1. The van der Waals surface area contributed by atoms with Gasteiger partial charge in [-0.2, -0.15) is 13.2 Å². The Hall–Kier alpha value is -3.43. The number of para-hydroxylation sites is 1. The monoisotopic (exact) mass is 450 g/mol. The van der Waals surface area contributed by atoms with E-state index in [1.807, 2.05) is 0 Å². The van der Waals surface area contributed by atoms with Gasteiger partial charge in [0.1, 0.15) is 16.9 Å². The number of anilines is 1. The number of nitrogens with zero attached hydrogens (tertiary/aromatic N) is 2. The third-order valence-electron chi connectivity index (χ3n) is 5.16. The van der Waals surface area contributed by atoms with Crippen LogP contribution in [0.4, 0.5) is 23.7 Å². The molecule has 0 aromatic heterocycles. The molecule has 0 spiro atoms. The molecule has 2 aromatic rings. The highest BCUT2D eigenvalue weighted by molar-refractivity contribution is 6.22. The molecule has 3 rings (SSSR count). The van der Waals surface area contributed by atoms with Crippen LogP contribution in [0.25, 0.3) is 0 Å². The zero-order chi connectivity index (χ0) is 23.9. The molecular weight excluding hydrogens is 429 g/mol. The molecule has 0 saturated heterocycles. The van der Waals surface area contributed by atoms with Gasteiger partial charge in [0.2, 0.25) is 6.54 Å². The van der Waals surface area contributed by atoms with E-state index in [-0.39, 0.29) is 16.8 Å². The maximum absolute atomic E-state index is 14.3. The molecule has 32 heavy (non-hydrogen) atoms. The molecule has 0 radical (unpaired) electrons. The van der Waals surface area contributed by atoms with E-state index < -0.39 is 46.6 Å². The maximum Gasteiger partial charge on any atom is 0.421 e. The molecule has 10 heteroatoms. The molecule has 0 bridgehead atoms. The molecule has 1 heterocycles. The van der Waals surface area contributed by atoms with E-state index in [1.54, 1.807) is 26.8 Å². The molecule has 0 aliphatic carbocycles. The molecule has 7 nitrogen and oxygen atoms in total. The Kier molecular flexibility index (Phi) is 5.75. The number of imide groups is 1. The summed E-state index contributed by atoms with van der Waals surface area (Å²) in [5.74, 6) is -3.98. The van der Waals surface area contributed by atoms with Gasteiger partial charge in [-0.3, -0.25) is 14.9 Å². The van der Waals surface area contributed by atoms with Crippen LogP contribution in [0.1, 0.15) is 31.9 Å². The number of hydrogen-bond donors (Lipinski definition) is 0. The van der Waals surface area contributed by atoms with Crippen molar-refractivity contribution in [2.75, 3.05) is 11.4 Å². The number of hydrogen-bond acceptors (Lipinski definition) is 5. The average Bonchev–Trinajstić information content (AvgIpc) is 2.93. The van der Waals surface area contributed by atoms with Crippen LogP contribution in [0.3, 0.4) is 0 Å². The maximum atomic E-state index is 14.3. The van der Waals surface area contributed by atoms with Crippen molar-refractivity contribution in [3.05, 3.63) is 75.8 Å². The van der Waals surface area contributed by atoms with Crippen molar-refractivity contribution in [3.63, 3.8) is 0 Å². The first-order valence-electron chi connectivity index (χ1n) is 9.71. The summed E-state index contributed by atoms with van der Waals surface area (Å²) in [6.07, 6.45) is -6.29. The third-order valence-corrected chi connectivity index (χ3v) is 5.16. The number of fused-ring (bicyclic) bond motifs is 1. The summed E-state index contributed by atoms with van der Waals surface area (Å²) >= 11 is 0. The summed E-state index contributed by atoms with van der Waals surface area (Å²) in [6.45, 7) is 3.09. The minimum atomic E-state index is -5.13. The van der Waals surface area contributed by atoms with Gasteiger partial charge in [-0.1, -0.05) is 48.5 Å². The predicted octanol–water partition coefficient (Wildman–Crippen LogP) is 4.71. The summed E-state index contributed by atoms with van der Waals surface area (Å²) in [6, 6.07) is 12.5. The normalized spacial score (nSPS) is 19.4. The van der Waals surface area contributed by atoms with Gasteiger partial charge in [0.15, 0.2) is 0 Å². The van der Waals surface area contributed by atoms with E-state index in [1.165, 1.54) is 48.5 Å². The number of rotatable bonds is 4. The molecule has 170 valence electrons. The second-order valence-electron chi connectivity index (χ2n) is 8.42. The van der Waals surface area contributed by atoms with Crippen LogP contribution in [-0.4, -0.2) is 35.2 Å². The lowest BCUT2D eigenvalue weighted by Gasteiger charge is -2.36. The zero-order valence-corrected chi connectivity index (χ0v) is 17.6. The number of carbonyl (C=O) groups excluding carboxylic acids is 2. The largest absolute Gasteiger partial charge is 0.443 e. The van der Waals surface area contributed by atoms with Crippen LogP contribution in [-0.2, 0) is 14.9 Å². The van der Waals surface area contributed by atoms with Gasteiger partial charge < -0.3 is 4.74 Å². The molecule has 2 aromatic carbocycles. The van der Waals surface area contributed by atoms with Crippen LogP contribution >= 0.6 is 0 Å². The number of halogens is 3. The molecule has 0 N–H and O–H groups in total. The fraction of sp³-hybridized carbons (Fsp3) is 0.364. The Morgan fingerprint density at radius 1 is 1.09 bits per heavy atom. The van der Waals surface area contributed by atoms with E-state index in [4.69, 9.17) is 4.74 Å². The summed E-state index contributed by atoms with van der Waals surface area (Å²) in [5, 5.41) is 11.3. The van der Waals surface area contributed by atoms with Gasteiger partial charge in [-0.05, 0) is 38.0 Å². The Labute approximate surface area is 181 Å². The number of carbonyl (C=O) groups is 2. The number of nitro groups is 1. The Morgan fingerprint density at radius 2 is 1.66 bits per heavy atom. The van der Waals surface area contributed by atoms with Gasteiger partial charge in [-0.15, -0.1) is 0 Å². The van der Waals surface area contributed by atoms with E-state index in [9.17, 15) is 32.9 Å². The highest BCUT2D eigenvalue weighted by atomic mass is 19.4. The van der Waals surface area contributed by atoms with Crippen LogP contribution in [0.15, 0.2) is 54.6 Å². The molecule has 2 amide bonds. The van der Waals surface area contributed by atoms with Gasteiger partial charge in [0.25, 0.3) is 5.91 Å². The van der Waals surface area contributed by atoms with E-state index in [2.05, 4.69) is 0 Å². The standard InChI is InChI=1S/C22H21F3N2O5/c1-20(2,3)32-19(29)27-16-12-8-7-11-15(16)21(18(27)28,14-9-5-4-6-10-14)17(13-26(30)31)22(23,24)25/h4-12,17H,13H2,1-3H3/t17-,21+/m0/s1. The molecule has 2 atom stereocenters. The van der Waals surface area contributed by atoms with Crippen molar-refractivity contribution in [2.45, 2.75) is 38.0 Å². The first kappa shape index (κ1) is 23.2. The second-order valence-corrected chi connectivity index (χ2v) is 8.42. The number of benzene rings is 2. The van der Waals surface area contributed by atoms with Crippen molar-refractivity contribution in [1.29, 1.82) is 0 Å². The zero-order valence-electron chi connectivity index (χ0n) is 17.6. The topological polar surface area (TPSA) is 89.8 Å². The lowest BCUT2D eigenvalue weighted by Crippen LogP contribution is -2.55. The summed E-state index contributed by atoms with van der Waals surface area (Å²) < 4.78 is 48.3. The highest BCUT2D eigenvalue weighted by Crippen LogP contribution is 2.55. The predicted molar refractivity (Wildman–Crippen MR) is 109 cm³/mol. The van der Waals surface area contributed by atoms with Crippen LogP contribution in [0.2, 0.25) is 0 Å². The minimum absolute atomic E-state index is 0.104. The van der Waals surface area contributed by atoms with Crippen molar-refractivity contribution < 1.29 is 32.4 Å². The summed E-state index contributed by atoms with van der Waals surface area (Å²) in [4.78, 5) is 37.4. The Bertz CT molecular complexity index is 1050. The summed E-state index contributed by atoms with van der Waals surface area (Å²) in [5.41, 5.74) is -3.93. The number of amides is 2. The van der Waals surface area contributed by atoms with Crippen LogP contribution in [0, 0.1) is 16.0 Å².